The lowest BCUT2D eigenvalue weighted by Gasteiger charge is -2.11. The molecule has 1 heterocycles. The van der Waals surface area contributed by atoms with Crippen molar-refractivity contribution in [2.75, 3.05) is 5.32 Å². The molecule has 10 heteroatoms. The Labute approximate surface area is 211 Å². The number of nitrogens with zero attached hydrogens (tertiary/aromatic N) is 2. The van der Waals surface area contributed by atoms with Crippen LogP contribution in [0.1, 0.15) is 42.1 Å². The second kappa shape index (κ2) is 10.2. The smallest absolute Gasteiger partial charge is 0.270 e. The first kappa shape index (κ1) is 24.3. The number of carbonyl (C=O) groups excluding carboxylic acids is 1. The Balaban J connectivity index is 1.50. The van der Waals surface area contributed by atoms with Gasteiger partial charge in [0.25, 0.3) is 11.6 Å². The summed E-state index contributed by atoms with van der Waals surface area (Å²) < 4.78 is 5.94. The molecule has 1 amide bonds. The number of amides is 1. The molecule has 4 rings (SSSR count). The summed E-state index contributed by atoms with van der Waals surface area (Å²) in [6.07, 6.45) is 1.04. The number of benzene rings is 3. The molecular weight excluding hydrogens is 488 g/mol. The molecule has 0 radical (unpaired) electrons. The number of anilines is 1. The van der Waals surface area contributed by atoms with Crippen LogP contribution in [0.4, 0.5) is 11.4 Å². The van der Waals surface area contributed by atoms with Crippen molar-refractivity contribution in [3.8, 4) is 11.5 Å². The fourth-order valence-corrected chi connectivity index (χ4v) is 3.89. The Morgan fingerprint density at radius 3 is 2.74 bits per heavy atom. The molecule has 35 heavy (non-hydrogen) atoms. The Hall–Kier alpha value is -3.82. The topological polar surface area (TPSA) is 110 Å². The van der Waals surface area contributed by atoms with Gasteiger partial charge < -0.3 is 9.73 Å². The molecule has 0 bridgehead atoms. The van der Waals surface area contributed by atoms with Gasteiger partial charge in [-0.25, -0.2) is 4.98 Å². The number of aromatic nitrogens is 1. The van der Waals surface area contributed by atoms with E-state index in [9.17, 15) is 14.9 Å². The summed E-state index contributed by atoms with van der Waals surface area (Å²) in [6, 6.07) is 16.9. The van der Waals surface area contributed by atoms with Crippen molar-refractivity contribution in [1.29, 1.82) is 0 Å². The number of non-ortho nitro benzene ring substituents is 1. The van der Waals surface area contributed by atoms with Crippen LogP contribution in [0, 0.1) is 10.1 Å². The number of hydrogen-bond donors (Lipinski definition) is 2. The van der Waals surface area contributed by atoms with Gasteiger partial charge in [-0.2, -0.15) is 0 Å². The van der Waals surface area contributed by atoms with Gasteiger partial charge in [-0.05, 0) is 66.5 Å². The second-order valence-corrected chi connectivity index (χ2v) is 8.78. The molecule has 4 aromatic rings. The number of thiocarbonyl (C=S) groups is 1. The third kappa shape index (κ3) is 5.47. The maximum Gasteiger partial charge on any atom is 0.270 e. The molecular formula is C25H21ClN4O4S. The number of oxazole rings is 1. The van der Waals surface area contributed by atoms with E-state index in [1.54, 1.807) is 18.2 Å². The van der Waals surface area contributed by atoms with Crippen LogP contribution in [0.3, 0.4) is 0 Å². The van der Waals surface area contributed by atoms with Gasteiger partial charge in [0, 0.05) is 23.4 Å². The van der Waals surface area contributed by atoms with Crippen molar-refractivity contribution in [3.63, 3.8) is 0 Å². The van der Waals surface area contributed by atoms with Crippen LogP contribution in [0.2, 0.25) is 5.02 Å². The van der Waals surface area contributed by atoms with Gasteiger partial charge in [0.2, 0.25) is 5.89 Å². The first-order valence-electron chi connectivity index (χ1n) is 10.8. The Kier molecular flexibility index (Phi) is 7.09. The lowest BCUT2D eigenvalue weighted by molar-refractivity contribution is -0.384. The molecule has 0 saturated carbocycles. The zero-order chi connectivity index (χ0) is 25.1. The minimum absolute atomic E-state index is 0.00508. The number of nitro benzene ring substituents is 1. The molecule has 8 nitrogen and oxygen atoms in total. The average molecular weight is 509 g/mol. The molecule has 0 aliphatic heterocycles. The van der Waals surface area contributed by atoms with Crippen LogP contribution in [-0.2, 0) is 0 Å². The molecule has 0 fully saturated rings. The predicted octanol–water partition coefficient (Wildman–Crippen LogP) is 6.70. The fourth-order valence-electron chi connectivity index (χ4n) is 3.47. The van der Waals surface area contributed by atoms with Gasteiger partial charge in [0.15, 0.2) is 10.7 Å². The van der Waals surface area contributed by atoms with E-state index in [0.717, 1.165) is 23.6 Å². The number of hydrogen-bond acceptors (Lipinski definition) is 6. The lowest BCUT2D eigenvalue weighted by atomic mass is 9.98. The van der Waals surface area contributed by atoms with Crippen LogP contribution >= 0.6 is 23.8 Å². The molecule has 2 N–H and O–H groups in total. The molecule has 0 saturated heterocycles. The fraction of sp³-hybridized carbons (Fsp3) is 0.160. The van der Waals surface area contributed by atoms with Crippen molar-refractivity contribution < 1.29 is 14.1 Å². The summed E-state index contributed by atoms with van der Waals surface area (Å²) in [4.78, 5) is 27.6. The summed E-state index contributed by atoms with van der Waals surface area (Å²) in [6.45, 7) is 4.32. The van der Waals surface area contributed by atoms with Crippen molar-refractivity contribution in [3.05, 3.63) is 86.9 Å². The van der Waals surface area contributed by atoms with Gasteiger partial charge in [-0.1, -0.05) is 37.6 Å². The van der Waals surface area contributed by atoms with Crippen molar-refractivity contribution in [1.82, 2.24) is 10.3 Å². The van der Waals surface area contributed by atoms with Crippen LogP contribution < -0.4 is 10.6 Å². The lowest BCUT2D eigenvalue weighted by Crippen LogP contribution is -2.34. The quantitative estimate of drug-likeness (QED) is 0.169. The standard InChI is InChI=1S/C25H21ClN4O4S/c1-3-14(2)15-7-10-22-21(12-15)28-24(34-22)16-5-4-6-17(11-16)27-25(35)29-23(31)19-13-18(30(32)33)8-9-20(19)26/h4-14H,3H2,1-2H3,(H2,27,29,31,35). The summed E-state index contributed by atoms with van der Waals surface area (Å²) in [5.41, 5.74) is 3.71. The zero-order valence-corrected chi connectivity index (χ0v) is 20.4. The number of nitro groups is 1. The molecule has 0 spiro atoms. The maximum absolute atomic E-state index is 12.6. The highest BCUT2D eigenvalue weighted by atomic mass is 35.5. The van der Waals surface area contributed by atoms with Gasteiger partial charge in [-0.3, -0.25) is 20.2 Å². The molecule has 3 aromatic carbocycles. The normalized spacial score (nSPS) is 11.7. The monoisotopic (exact) mass is 508 g/mol. The highest BCUT2D eigenvalue weighted by molar-refractivity contribution is 7.80. The Bertz CT molecular complexity index is 1450. The highest BCUT2D eigenvalue weighted by Gasteiger charge is 2.17. The van der Waals surface area contributed by atoms with Crippen molar-refractivity contribution in [2.24, 2.45) is 0 Å². The van der Waals surface area contributed by atoms with Crippen LogP contribution in [0.5, 0.6) is 0 Å². The van der Waals surface area contributed by atoms with E-state index < -0.39 is 10.8 Å². The van der Waals surface area contributed by atoms with E-state index in [0.29, 0.717) is 23.1 Å². The largest absolute Gasteiger partial charge is 0.436 e. The third-order valence-electron chi connectivity index (χ3n) is 5.59. The zero-order valence-electron chi connectivity index (χ0n) is 18.9. The highest BCUT2D eigenvalue weighted by Crippen LogP contribution is 2.29. The second-order valence-electron chi connectivity index (χ2n) is 7.97. The molecule has 1 unspecified atom stereocenters. The van der Waals surface area contributed by atoms with Gasteiger partial charge in [0.05, 0.1) is 15.5 Å². The van der Waals surface area contributed by atoms with Crippen molar-refractivity contribution >= 4 is 57.3 Å². The minimum Gasteiger partial charge on any atom is -0.436 e. The van der Waals surface area contributed by atoms with Crippen molar-refractivity contribution in [2.45, 2.75) is 26.2 Å². The summed E-state index contributed by atoms with van der Waals surface area (Å²) >= 11 is 11.3. The predicted molar refractivity (Wildman–Crippen MR) is 140 cm³/mol. The maximum atomic E-state index is 12.6. The van der Waals surface area contributed by atoms with E-state index in [-0.39, 0.29) is 21.4 Å². The number of fused-ring (bicyclic) bond motifs is 1. The minimum atomic E-state index is -0.664. The first-order valence-corrected chi connectivity index (χ1v) is 11.6. The van der Waals surface area contributed by atoms with Crippen LogP contribution in [-0.4, -0.2) is 20.9 Å². The number of carbonyl (C=O) groups is 1. The molecule has 178 valence electrons. The van der Waals surface area contributed by atoms with E-state index in [2.05, 4.69) is 35.5 Å². The summed E-state index contributed by atoms with van der Waals surface area (Å²) in [5.74, 6) is 0.229. The van der Waals surface area contributed by atoms with E-state index in [1.165, 1.54) is 17.7 Å². The molecule has 1 aromatic heterocycles. The van der Waals surface area contributed by atoms with E-state index in [1.807, 2.05) is 18.2 Å². The third-order valence-corrected chi connectivity index (χ3v) is 6.13. The van der Waals surface area contributed by atoms with Gasteiger partial charge in [-0.15, -0.1) is 0 Å². The summed E-state index contributed by atoms with van der Waals surface area (Å²) in [7, 11) is 0. The number of halogens is 1. The molecule has 1 atom stereocenters. The SMILES string of the molecule is CCC(C)c1ccc2oc(-c3cccc(NC(=S)NC(=O)c4cc([N+](=O)[O-])ccc4Cl)c3)nc2c1. The number of rotatable bonds is 6. The summed E-state index contributed by atoms with van der Waals surface area (Å²) in [5, 5.41) is 16.5. The molecule has 0 aliphatic carbocycles. The van der Waals surface area contributed by atoms with E-state index in [4.69, 9.17) is 28.2 Å². The van der Waals surface area contributed by atoms with Gasteiger partial charge in [0.1, 0.15) is 5.52 Å². The number of nitrogens with one attached hydrogen (secondary N) is 2. The van der Waals surface area contributed by atoms with Crippen LogP contribution in [0.15, 0.2) is 65.1 Å². The van der Waals surface area contributed by atoms with E-state index >= 15 is 0 Å². The Morgan fingerprint density at radius 1 is 1.20 bits per heavy atom. The average Bonchev–Trinajstić information content (AvgIpc) is 3.27. The molecule has 0 aliphatic rings. The van der Waals surface area contributed by atoms with Crippen LogP contribution in [0.25, 0.3) is 22.6 Å². The first-order chi connectivity index (χ1) is 16.7. The van der Waals surface area contributed by atoms with Gasteiger partial charge >= 0.3 is 0 Å². The Morgan fingerprint density at radius 2 is 2.00 bits per heavy atom.